The van der Waals surface area contributed by atoms with E-state index in [2.05, 4.69) is 20.3 Å². The van der Waals surface area contributed by atoms with Crippen LogP contribution in [0.15, 0.2) is 42.9 Å². The maximum Gasteiger partial charge on any atom is 0.263 e. The second kappa shape index (κ2) is 6.53. The molecular weight excluding hydrogens is 296 g/mol. The molecule has 1 amide bonds. The molecule has 0 bridgehead atoms. The minimum Gasteiger partial charge on any atom is -0.351 e. The van der Waals surface area contributed by atoms with E-state index in [9.17, 15) is 4.79 Å². The summed E-state index contributed by atoms with van der Waals surface area (Å²) >= 11 is 1.42. The van der Waals surface area contributed by atoms with Crippen LogP contribution >= 0.6 is 11.3 Å². The van der Waals surface area contributed by atoms with Crippen molar-refractivity contribution in [2.75, 3.05) is 6.54 Å². The van der Waals surface area contributed by atoms with Crippen LogP contribution in [0.4, 0.5) is 0 Å². The Morgan fingerprint density at radius 3 is 2.86 bits per heavy atom. The third-order valence-electron chi connectivity index (χ3n) is 3.22. The van der Waals surface area contributed by atoms with Gasteiger partial charge in [0, 0.05) is 30.4 Å². The normalized spacial score (nSPS) is 10.6. The van der Waals surface area contributed by atoms with Crippen molar-refractivity contribution in [2.24, 2.45) is 0 Å². The molecule has 0 spiro atoms. The Balaban J connectivity index is 1.72. The highest BCUT2D eigenvalue weighted by Gasteiger charge is 2.17. The number of aromatic amines is 1. The van der Waals surface area contributed by atoms with Crippen molar-refractivity contribution in [3.63, 3.8) is 0 Å². The number of benzene rings is 1. The van der Waals surface area contributed by atoms with Crippen LogP contribution in [0.1, 0.15) is 20.4 Å². The highest BCUT2D eigenvalue weighted by Crippen LogP contribution is 2.27. The van der Waals surface area contributed by atoms with Gasteiger partial charge in [0.05, 0.1) is 17.0 Å². The third-order valence-corrected chi connectivity index (χ3v) is 4.19. The van der Waals surface area contributed by atoms with E-state index in [1.165, 1.54) is 11.3 Å². The quantitative estimate of drug-likeness (QED) is 0.761. The first-order valence-electron chi connectivity index (χ1n) is 7.02. The molecule has 2 heterocycles. The molecule has 6 heteroatoms. The van der Waals surface area contributed by atoms with Gasteiger partial charge in [-0.25, -0.2) is 9.97 Å². The second-order valence-corrected chi connectivity index (χ2v) is 6.06. The highest BCUT2D eigenvalue weighted by atomic mass is 32.1. The van der Waals surface area contributed by atoms with E-state index < -0.39 is 0 Å². The molecule has 0 radical (unpaired) electrons. The van der Waals surface area contributed by atoms with Gasteiger partial charge in [0.15, 0.2) is 0 Å². The lowest BCUT2D eigenvalue weighted by Gasteiger charge is -2.04. The Hall–Kier alpha value is -2.47. The molecule has 0 aliphatic heterocycles. The molecule has 2 N–H and O–H groups in total. The van der Waals surface area contributed by atoms with Crippen molar-refractivity contribution in [1.82, 2.24) is 20.3 Å². The summed E-state index contributed by atoms with van der Waals surface area (Å²) in [7, 11) is 0. The largest absolute Gasteiger partial charge is 0.351 e. The first-order valence-corrected chi connectivity index (χ1v) is 7.84. The molecule has 0 saturated heterocycles. The molecule has 5 nitrogen and oxygen atoms in total. The SMILES string of the molecule is Cc1nc(-c2ccccc2)c(C(=O)NCCc2cnc[nH]2)s1. The van der Waals surface area contributed by atoms with E-state index in [0.29, 0.717) is 11.4 Å². The lowest BCUT2D eigenvalue weighted by Crippen LogP contribution is -2.25. The number of aromatic nitrogens is 3. The van der Waals surface area contributed by atoms with Gasteiger partial charge in [0.2, 0.25) is 0 Å². The summed E-state index contributed by atoms with van der Waals surface area (Å²) in [4.78, 5) is 24.6. The lowest BCUT2D eigenvalue weighted by atomic mass is 10.1. The molecular formula is C16H16N4OS. The number of aryl methyl sites for hydroxylation is 1. The van der Waals surface area contributed by atoms with Gasteiger partial charge in [-0.1, -0.05) is 30.3 Å². The topological polar surface area (TPSA) is 70.7 Å². The molecule has 3 rings (SSSR count). The van der Waals surface area contributed by atoms with Crippen molar-refractivity contribution in [2.45, 2.75) is 13.3 Å². The minimum absolute atomic E-state index is 0.0797. The fraction of sp³-hybridized carbons (Fsp3) is 0.188. The maximum atomic E-state index is 12.4. The van der Waals surface area contributed by atoms with Gasteiger partial charge < -0.3 is 10.3 Å². The van der Waals surface area contributed by atoms with Gasteiger partial charge in [-0.05, 0) is 6.92 Å². The van der Waals surface area contributed by atoms with Crippen molar-refractivity contribution in [3.8, 4) is 11.3 Å². The van der Waals surface area contributed by atoms with Gasteiger partial charge >= 0.3 is 0 Å². The molecule has 22 heavy (non-hydrogen) atoms. The smallest absolute Gasteiger partial charge is 0.263 e. The number of rotatable bonds is 5. The molecule has 2 aromatic heterocycles. The summed E-state index contributed by atoms with van der Waals surface area (Å²) < 4.78 is 0. The predicted molar refractivity (Wildman–Crippen MR) is 86.9 cm³/mol. The Morgan fingerprint density at radius 2 is 2.14 bits per heavy atom. The van der Waals surface area contributed by atoms with Crippen LogP contribution in [0.3, 0.4) is 0 Å². The molecule has 0 saturated carbocycles. The fourth-order valence-electron chi connectivity index (χ4n) is 2.19. The molecule has 0 aliphatic carbocycles. The van der Waals surface area contributed by atoms with E-state index in [4.69, 9.17) is 0 Å². The van der Waals surface area contributed by atoms with E-state index in [-0.39, 0.29) is 5.91 Å². The Bertz CT molecular complexity index is 750. The Morgan fingerprint density at radius 1 is 1.32 bits per heavy atom. The fourth-order valence-corrected chi connectivity index (χ4v) is 3.04. The number of carbonyl (C=O) groups is 1. The number of amides is 1. The van der Waals surface area contributed by atoms with Crippen molar-refractivity contribution >= 4 is 17.2 Å². The zero-order valence-corrected chi connectivity index (χ0v) is 13.0. The Labute approximate surface area is 132 Å². The van der Waals surface area contributed by atoms with Crippen LogP contribution in [0, 0.1) is 6.92 Å². The van der Waals surface area contributed by atoms with Gasteiger partial charge in [-0.2, -0.15) is 0 Å². The summed E-state index contributed by atoms with van der Waals surface area (Å²) in [6.07, 6.45) is 4.12. The van der Waals surface area contributed by atoms with Gasteiger partial charge in [0.25, 0.3) is 5.91 Å². The highest BCUT2D eigenvalue weighted by molar-refractivity contribution is 7.14. The summed E-state index contributed by atoms with van der Waals surface area (Å²) in [5, 5.41) is 3.83. The van der Waals surface area contributed by atoms with Crippen LogP contribution in [-0.4, -0.2) is 27.4 Å². The van der Waals surface area contributed by atoms with Crippen molar-refractivity contribution in [1.29, 1.82) is 0 Å². The first kappa shape index (κ1) is 14.5. The molecule has 3 aromatic rings. The summed E-state index contributed by atoms with van der Waals surface area (Å²) in [5.41, 5.74) is 2.72. The van der Waals surface area contributed by atoms with E-state index in [1.807, 2.05) is 37.3 Å². The molecule has 1 aromatic carbocycles. The van der Waals surface area contributed by atoms with Crippen molar-refractivity contribution in [3.05, 3.63) is 58.4 Å². The number of nitrogens with one attached hydrogen (secondary N) is 2. The molecule has 0 aliphatic rings. The van der Waals surface area contributed by atoms with Crippen LogP contribution in [0.2, 0.25) is 0 Å². The average Bonchev–Trinajstić information content (AvgIpc) is 3.17. The van der Waals surface area contributed by atoms with Crippen LogP contribution in [-0.2, 0) is 6.42 Å². The number of imidazole rings is 1. The number of hydrogen-bond acceptors (Lipinski definition) is 4. The zero-order chi connectivity index (χ0) is 15.4. The summed E-state index contributed by atoms with van der Waals surface area (Å²) in [6, 6.07) is 9.78. The van der Waals surface area contributed by atoms with E-state index in [1.54, 1.807) is 12.5 Å². The van der Waals surface area contributed by atoms with Gasteiger partial charge in [-0.3, -0.25) is 4.79 Å². The molecule has 112 valence electrons. The first-order chi connectivity index (χ1) is 10.7. The summed E-state index contributed by atoms with van der Waals surface area (Å²) in [5.74, 6) is -0.0797. The number of nitrogens with zero attached hydrogens (tertiary/aromatic N) is 2. The Kier molecular flexibility index (Phi) is 4.29. The lowest BCUT2D eigenvalue weighted by molar-refractivity contribution is 0.0958. The third kappa shape index (κ3) is 3.23. The molecule has 0 unspecified atom stereocenters. The van der Waals surface area contributed by atoms with Gasteiger partial charge in [-0.15, -0.1) is 11.3 Å². The van der Waals surface area contributed by atoms with Crippen LogP contribution in [0.5, 0.6) is 0 Å². The number of H-pyrrole nitrogens is 1. The van der Waals surface area contributed by atoms with Crippen LogP contribution < -0.4 is 5.32 Å². The van der Waals surface area contributed by atoms with E-state index >= 15 is 0 Å². The van der Waals surface area contributed by atoms with Gasteiger partial charge in [0.1, 0.15) is 4.88 Å². The number of hydrogen-bond donors (Lipinski definition) is 2. The monoisotopic (exact) mass is 312 g/mol. The summed E-state index contributed by atoms with van der Waals surface area (Å²) in [6.45, 7) is 2.48. The average molecular weight is 312 g/mol. The van der Waals surface area contributed by atoms with E-state index in [0.717, 1.165) is 28.4 Å². The maximum absolute atomic E-state index is 12.4. The molecule has 0 atom stereocenters. The molecule has 0 fully saturated rings. The second-order valence-electron chi connectivity index (χ2n) is 4.86. The number of thiazole rings is 1. The number of carbonyl (C=O) groups excluding carboxylic acids is 1. The standard InChI is InChI=1S/C16H16N4OS/c1-11-20-14(12-5-3-2-4-6-12)15(22-11)16(21)18-8-7-13-9-17-10-19-13/h2-6,9-10H,7-8H2,1H3,(H,17,19)(H,18,21). The predicted octanol–water partition coefficient (Wildman–Crippen LogP) is 2.81. The van der Waals surface area contributed by atoms with Crippen molar-refractivity contribution < 1.29 is 4.79 Å². The zero-order valence-electron chi connectivity index (χ0n) is 12.2. The minimum atomic E-state index is -0.0797. The van der Waals surface area contributed by atoms with Crippen LogP contribution in [0.25, 0.3) is 11.3 Å².